The average Bonchev–Trinajstić information content (AvgIpc) is 2.86. The Morgan fingerprint density at radius 2 is 2.26 bits per heavy atom. The number of carbonyl (C=O) groups excluding carboxylic acids is 1. The van der Waals surface area contributed by atoms with Gasteiger partial charge in [0, 0.05) is 22.9 Å². The van der Waals surface area contributed by atoms with Gasteiger partial charge in [-0.1, -0.05) is 12.1 Å². The molecule has 0 fully saturated rings. The van der Waals surface area contributed by atoms with Gasteiger partial charge in [0.25, 0.3) is 5.91 Å². The van der Waals surface area contributed by atoms with Gasteiger partial charge < -0.3 is 15.6 Å². The zero-order valence-electron chi connectivity index (χ0n) is 10.3. The predicted molar refractivity (Wildman–Crippen MR) is 78.3 cm³/mol. The molecule has 2 heterocycles. The van der Waals surface area contributed by atoms with Crippen molar-refractivity contribution in [3.63, 3.8) is 0 Å². The van der Waals surface area contributed by atoms with Gasteiger partial charge in [0.1, 0.15) is 5.69 Å². The van der Waals surface area contributed by atoms with Crippen LogP contribution < -0.4 is 10.6 Å². The number of halogens is 1. The number of carbonyl (C=O) groups is 1. The van der Waals surface area contributed by atoms with Gasteiger partial charge >= 0.3 is 0 Å². The second kappa shape index (κ2) is 5.19. The van der Waals surface area contributed by atoms with Crippen molar-refractivity contribution in [2.45, 2.75) is 13.0 Å². The first-order valence-corrected chi connectivity index (χ1v) is 7.00. The molecule has 98 valence electrons. The summed E-state index contributed by atoms with van der Waals surface area (Å²) in [5.41, 5.74) is 3.96. The molecule has 0 saturated carbocycles. The number of nitrogens with one attached hydrogen (secondary N) is 3. The highest BCUT2D eigenvalue weighted by atomic mass is 79.9. The number of hydrogen-bond donors (Lipinski definition) is 3. The quantitative estimate of drug-likeness (QED) is 0.797. The number of aromatic nitrogens is 1. The minimum atomic E-state index is -0.113. The Morgan fingerprint density at radius 1 is 1.37 bits per heavy atom. The highest BCUT2D eigenvalue weighted by Crippen LogP contribution is 2.23. The van der Waals surface area contributed by atoms with Crippen LogP contribution in [0.5, 0.6) is 0 Å². The van der Waals surface area contributed by atoms with Crippen LogP contribution in [0.15, 0.2) is 34.9 Å². The molecule has 0 radical (unpaired) electrons. The van der Waals surface area contributed by atoms with E-state index in [0.717, 1.165) is 29.7 Å². The molecule has 1 aliphatic rings. The van der Waals surface area contributed by atoms with Crippen molar-refractivity contribution >= 4 is 27.5 Å². The zero-order valence-corrected chi connectivity index (χ0v) is 11.9. The van der Waals surface area contributed by atoms with E-state index in [2.05, 4.69) is 37.6 Å². The van der Waals surface area contributed by atoms with E-state index in [-0.39, 0.29) is 5.91 Å². The highest BCUT2D eigenvalue weighted by molar-refractivity contribution is 9.10. The topological polar surface area (TPSA) is 56.9 Å². The number of hydrogen-bond acceptors (Lipinski definition) is 2. The van der Waals surface area contributed by atoms with Crippen molar-refractivity contribution < 1.29 is 4.79 Å². The Kier molecular flexibility index (Phi) is 3.40. The Bertz CT molecular complexity index is 621. The van der Waals surface area contributed by atoms with Gasteiger partial charge in [0.2, 0.25) is 0 Å². The van der Waals surface area contributed by atoms with Gasteiger partial charge in [-0.05, 0) is 52.2 Å². The maximum atomic E-state index is 12.1. The molecule has 0 unspecified atom stereocenters. The number of fused-ring (bicyclic) bond motifs is 1. The molecule has 0 bridgehead atoms. The number of anilines is 1. The third-order valence-corrected chi connectivity index (χ3v) is 3.74. The van der Waals surface area contributed by atoms with Gasteiger partial charge in [0.15, 0.2) is 0 Å². The average molecular weight is 320 g/mol. The summed E-state index contributed by atoms with van der Waals surface area (Å²) in [6, 6.07) is 7.81. The van der Waals surface area contributed by atoms with Crippen LogP contribution in [0.3, 0.4) is 0 Å². The third-order valence-electron chi connectivity index (χ3n) is 3.28. The van der Waals surface area contributed by atoms with Gasteiger partial charge in [-0.15, -0.1) is 0 Å². The molecule has 4 nitrogen and oxygen atoms in total. The number of H-pyrrole nitrogens is 1. The van der Waals surface area contributed by atoms with Gasteiger partial charge in [-0.2, -0.15) is 0 Å². The molecule has 3 rings (SSSR count). The molecule has 19 heavy (non-hydrogen) atoms. The largest absolute Gasteiger partial charge is 0.356 e. The van der Waals surface area contributed by atoms with Gasteiger partial charge in [-0.25, -0.2) is 0 Å². The molecular formula is C14H14BrN3O. The van der Waals surface area contributed by atoms with Crippen molar-refractivity contribution in [1.82, 2.24) is 10.3 Å². The number of amides is 1. The maximum Gasteiger partial charge on any atom is 0.272 e. The van der Waals surface area contributed by atoms with Crippen molar-refractivity contribution in [2.24, 2.45) is 0 Å². The third kappa shape index (κ3) is 2.57. The fourth-order valence-electron chi connectivity index (χ4n) is 2.34. The standard InChI is InChI=1S/C14H14BrN3O/c15-10-6-13(17-8-10)14(19)18-12-3-1-2-9-7-16-5-4-11(9)12/h1-3,6,8,16-17H,4-5,7H2,(H,18,19). The summed E-state index contributed by atoms with van der Waals surface area (Å²) in [5.74, 6) is -0.113. The van der Waals surface area contributed by atoms with Crippen molar-refractivity contribution in [2.75, 3.05) is 11.9 Å². The molecule has 1 aromatic carbocycles. The van der Waals surface area contributed by atoms with E-state index in [4.69, 9.17) is 0 Å². The predicted octanol–water partition coefficient (Wildman–Crippen LogP) is 2.68. The minimum absolute atomic E-state index is 0.113. The summed E-state index contributed by atoms with van der Waals surface area (Å²) in [5, 5.41) is 6.31. The lowest BCUT2D eigenvalue weighted by atomic mass is 9.99. The van der Waals surface area contributed by atoms with Crippen LogP contribution in [0.1, 0.15) is 21.6 Å². The molecule has 1 amide bonds. The molecule has 1 aliphatic heterocycles. The van der Waals surface area contributed by atoms with Crippen LogP contribution in [-0.2, 0) is 13.0 Å². The monoisotopic (exact) mass is 319 g/mol. The van der Waals surface area contributed by atoms with Crippen molar-refractivity contribution in [1.29, 1.82) is 0 Å². The Hall–Kier alpha value is -1.59. The van der Waals surface area contributed by atoms with E-state index in [0.29, 0.717) is 5.69 Å². The summed E-state index contributed by atoms with van der Waals surface area (Å²) in [4.78, 5) is 15.1. The first-order chi connectivity index (χ1) is 9.24. The van der Waals surface area contributed by atoms with Crippen LogP contribution in [0, 0.1) is 0 Å². The molecule has 0 spiro atoms. The van der Waals surface area contributed by atoms with Crippen molar-refractivity contribution in [3.8, 4) is 0 Å². The fraction of sp³-hybridized carbons (Fsp3) is 0.214. The Morgan fingerprint density at radius 3 is 3.05 bits per heavy atom. The summed E-state index contributed by atoms with van der Waals surface area (Å²) < 4.78 is 0.872. The molecule has 0 atom stereocenters. The van der Waals surface area contributed by atoms with E-state index in [1.54, 1.807) is 12.3 Å². The van der Waals surface area contributed by atoms with E-state index in [9.17, 15) is 4.79 Å². The Balaban J connectivity index is 1.85. The molecule has 3 N–H and O–H groups in total. The molecule has 0 saturated heterocycles. The smallest absolute Gasteiger partial charge is 0.272 e. The molecule has 0 aliphatic carbocycles. The summed E-state index contributed by atoms with van der Waals surface area (Å²) in [6.07, 6.45) is 2.69. The highest BCUT2D eigenvalue weighted by Gasteiger charge is 2.15. The number of rotatable bonds is 2. The second-order valence-electron chi connectivity index (χ2n) is 4.56. The number of aromatic amines is 1. The molecule has 1 aromatic heterocycles. The van der Waals surface area contributed by atoms with Crippen LogP contribution in [-0.4, -0.2) is 17.4 Å². The van der Waals surface area contributed by atoms with E-state index in [1.807, 2.05) is 12.1 Å². The first kappa shape index (κ1) is 12.4. The summed E-state index contributed by atoms with van der Waals surface area (Å²) in [7, 11) is 0. The fourth-order valence-corrected chi connectivity index (χ4v) is 2.68. The zero-order chi connectivity index (χ0) is 13.2. The Labute approximate surface area is 119 Å². The van der Waals surface area contributed by atoms with Crippen molar-refractivity contribution in [3.05, 3.63) is 51.8 Å². The van der Waals surface area contributed by atoms with E-state index < -0.39 is 0 Å². The van der Waals surface area contributed by atoms with E-state index in [1.165, 1.54) is 11.1 Å². The lowest BCUT2D eigenvalue weighted by Crippen LogP contribution is -2.25. The lowest BCUT2D eigenvalue weighted by Gasteiger charge is -2.20. The summed E-state index contributed by atoms with van der Waals surface area (Å²) in [6.45, 7) is 1.82. The van der Waals surface area contributed by atoms with Crippen LogP contribution in [0.25, 0.3) is 0 Å². The van der Waals surface area contributed by atoms with Gasteiger partial charge in [-0.3, -0.25) is 4.79 Å². The summed E-state index contributed by atoms with van der Waals surface area (Å²) >= 11 is 3.33. The SMILES string of the molecule is O=C(Nc1cccc2c1CCNC2)c1cc(Br)c[nH]1. The van der Waals surface area contributed by atoms with E-state index >= 15 is 0 Å². The number of benzene rings is 1. The maximum absolute atomic E-state index is 12.1. The molecular weight excluding hydrogens is 306 g/mol. The van der Waals surface area contributed by atoms with Crippen LogP contribution in [0.2, 0.25) is 0 Å². The molecule has 5 heteroatoms. The minimum Gasteiger partial charge on any atom is -0.356 e. The lowest BCUT2D eigenvalue weighted by molar-refractivity contribution is 0.102. The van der Waals surface area contributed by atoms with Crippen LogP contribution >= 0.6 is 15.9 Å². The van der Waals surface area contributed by atoms with Gasteiger partial charge in [0.05, 0.1) is 0 Å². The first-order valence-electron chi connectivity index (χ1n) is 6.21. The normalized spacial score (nSPS) is 13.9. The van der Waals surface area contributed by atoms with Crippen LogP contribution in [0.4, 0.5) is 5.69 Å². The second-order valence-corrected chi connectivity index (χ2v) is 5.47. The molecule has 2 aromatic rings.